The number of imide groups is 1. The van der Waals surface area contributed by atoms with E-state index < -0.39 is 17.1 Å². The summed E-state index contributed by atoms with van der Waals surface area (Å²) in [5.41, 5.74) is 0.571. The third-order valence-corrected chi connectivity index (χ3v) is 5.63. The maximum absolute atomic E-state index is 12.5. The summed E-state index contributed by atoms with van der Waals surface area (Å²) >= 11 is 12.8. The molecule has 0 radical (unpaired) electrons. The Labute approximate surface area is 191 Å². The molecule has 0 spiro atoms. The Balaban J connectivity index is 1.44. The number of hydrogen-bond acceptors (Lipinski definition) is 6. The van der Waals surface area contributed by atoms with Crippen molar-refractivity contribution in [3.63, 3.8) is 0 Å². The first-order valence-electron chi connectivity index (χ1n) is 9.14. The van der Waals surface area contributed by atoms with Crippen molar-refractivity contribution in [3.8, 4) is 0 Å². The second kappa shape index (κ2) is 10.5. The summed E-state index contributed by atoms with van der Waals surface area (Å²) in [5, 5.41) is 5.57. The van der Waals surface area contributed by atoms with Crippen LogP contribution in [0.3, 0.4) is 0 Å². The molecule has 0 saturated carbocycles. The largest absolute Gasteiger partial charge is 0.459 e. The van der Waals surface area contributed by atoms with Crippen molar-refractivity contribution in [2.45, 2.75) is 6.42 Å². The first kappa shape index (κ1) is 22.9. The van der Waals surface area contributed by atoms with Crippen LogP contribution in [0.15, 0.2) is 45.9 Å². The van der Waals surface area contributed by atoms with Crippen molar-refractivity contribution in [2.75, 3.05) is 19.6 Å². The lowest BCUT2D eigenvalue weighted by molar-refractivity contribution is -0.124. The molecule has 11 heteroatoms. The predicted octanol–water partition coefficient (Wildman–Crippen LogP) is 3.56. The number of nitrogens with zero attached hydrogens (tertiary/aromatic N) is 1. The van der Waals surface area contributed by atoms with Crippen molar-refractivity contribution >= 4 is 64.0 Å². The molecule has 4 amide bonds. The van der Waals surface area contributed by atoms with Crippen LogP contribution in [0.25, 0.3) is 6.08 Å². The molecule has 8 nitrogen and oxygen atoms in total. The highest BCUT2D eigenvalue weighted by Gasteiger charge is 2.34. The van der Waals surface area contributed by atoms with Gasteiger partial charge in [-0.1, -0.05) is 29.3 Å². The molecule has 2 heterocycles. The second-order valence-corrected chi connectivity index (χ2v) is 8.17. The van der Waals surface area contributed by atoms with Crippen molar-refractivity contribution in [3.05, 3.63) is 62.9 Å². The van der Waals surface area contributed by atoms with E-state index in [2.05, 4.69) is 10.6 Å². The number of thioether (sulfide) groups is 1. The van der Waals surface area contributed by atoms with E-state index in [1.807, 2.05) is 0 Å². The Hall–Kier alpha value is -2.75. The fourth-order valence-electron chi connectivity index (χ4n) is 2.63. The van der Waals surface area contributed by atoms with E-state index in [-0.39, 0.29) is 42.6 Å². The van der Waals surface area contributed by atoms with Crippen LogP contribution in [0, 0.1) is 0 Å². The van der Waals surface area contributed by atoms with E-state index in [4.69, 9.17) is 27.6 Å². The summed E-state index contributed by atoms with van der Waals surface area (Å²) in [6.45, 7) is 0.246. The molecule has 1 aromatic heterocycles. The number of halogens is 2. The SMILES string of the molecule is O=C(CCNC(=O)c1ccco1)NCCN1C(=O)SC(=Cc2ccc(Cl)cc2Cl)C1=O. The van der Waals surface area contributed by atoms with Gasteiger partial charge in [0.15, 0.2) is 5.76 Å². The van der Waals surface area contributed by atoms with Gasteiger partial charge in [0.05, 0.1) is 11.2 Å². The second-order valence-electron chi connectivity index (χ2n) is 6.33. The Morgan fingerprint density at radius 1 is 1.13 bits per heavy atom. The first-order chi connectivity index (χ1) is 14.8. The van der Waals surface area contributed by atoms with Crippen molar-refractivity contribution in [2.24, 2.45) is 0 Å². The molecule has 0 atom stereocenters. The number of furan rings is 1. The van der Waals surface area contributed by atoms with Crippen LogP contribution in [-0.4, -0.2) is 47.5 Å². The Morgan fingerprint density at radius 2 is 1.94 bits per heavy atom. The molecule has 1 aliphatic heterocycles. The van der Waals surface area contributed by atoms with Crippen LogP contribution in [0.5, 0.6) is 0 Å². The van der Waals surface area contributed by atoms with Gasteiger partial charge in [0, 0.05) is 36.1 Å². The van der Waals surface area contributed by atoms with Crippen LogP contribution < -0.4 is 10.6 Å². The molecule has 1 saturated heterocycles. The van der Waals surface area contributed by atoms with Crippen LogP contribution in [-0.2, 0) is 9.59 Å². The number of nitrogens with one attached hydrogen (secondary N) is 2. The van der Waals surface area contributed by atoms with E-state index in [1.54, 1.807) is 24.3 Å². The number of rotatable bonds is 8. The number of benzene rings is 1. The number of carbonyl (C=O) groups is 4. The van der Waals surface area contributed by atoms with Crippen molar-refractivity contribution in [1.82, 2.24) is 15.5 Å². The molecule has 0 unspecified atom stereocenters. The van der Waals surface area contributed by atoms with Crippen LogP contribution in [0.2, 0.25) is 10.0 Å². The van der Waals surface area contributed by atoms with Crippen molar-refractivity contribution in [1.29, 1.82) is 0 Å². The van der Waals surface area contributed by atoms with Gasteiger partial charge in [-0.2, -0.15) is 0 Å². The molecule has 2 N–H and O–H groups in total. The Morgan fingerprint density at radius 3 is 2.65 bits per heavy atom. The molecule has 1 aromatic carbocycles. The normalized spacial score (nSPS) is 14.9. The summed E-state index contributed by atoms with van der Waals surface area (Å²) in [6, 6.07) is 7.94. The van der Waals surface area contributed by atoms with Crippen LogP contribution in [0.1, 0.15) is 22.5 Å². The number of hydrogen-bond donors (Lipinski definition) is 2. The zero-order valence-electron chi connectivity index (χ0n) is 16.0. The summed E-state index contributed by atoms with van der Waals surface area (Å²) in [6.07, 6.45) is 2.96. The molecule has 0 bridgehead atoms. The summed E-state index contributed by atoms with van der Waals surface area (Å²) in [5.74, 6) is -1.04. The topological polar surface area (TPSA) is 109 Å². The molecule has 162 valence electrons. The zero-order chi connectivity index (χ0) is 22.4. The highest BCUT2D eigenvalue weighted by molar-refractivity contribution is 8.18. The summed E-state index contributed by atoms with van der Waals surface area (Å²) in [4.78, 5) is 49.6. The minimum Gasteiger partial charge on any atom is -0.459 e. The third kappa shape index (κ3) is 6.13. The zero-order valence-corrected chi connectivity index (χ0v) is 18.4. The predicted molar refractivity (Wildman–Crippen MR) is 118 cm³/mol. The lowest BCUT2D eigenvalue weighted by Crippen LogP contribution is -2.38. The van der Waals surface area contributed by atoms with Gasteiger partial charge >= 0.3 is 0 Å². The highest BCUT2D eigenvalue weighted by Crippen LogP contribution is 2.33. The lowest BCUT2D eigenvalue weighted by atomic mass is 10.2. The minimum absolute atomic E-state index is 0.0286. The summed E-state index contributed by atoms with van der Waals surface area (Å²) < 4.78 is 4.95. The van der Waals surface area contributed by atoms with Gasteiger partial charge in [0.2, 0.25) is 5.91 Å². The van der Waals surface area contributed by atoms with Crippen molar-refractivity contribution < 1.29 is 23.6 Å². The molecule has 1 fully saturated rings. The molecule has 1 aliphatic rings. The maximum Gasteiger partial charge on any atom is 0.293 e. The summed E-state index contributed by atoms with van der Waals surface area (Å²) in [7, 11) is 0. The van der Waals surface area contributed by atoms with E-state index in [0.29, 0.717) is 15.6 Å². The van der Waals surface area contributed by atoms with Gasteiger partial charge in [0.25, 0.3) is 17.1 Å². The van der Waals surface area contributed by atoms with E-state index in [1.165, 1.54) is 18.4 Å². The molecule has 2 aromatic rings. The van der Waals surface area contributed by atoms with Gasteiger partial charge in [0.1, 0.15) is 0 Å². The van der Waals surface area contributed by atoms with Gasteiger partial charge in [-0.25, -0.2) is 0 Å². The fourth-order valence-corrected chi connectivity index (χ4v) is 3.95. The molecule has 0 aliphatic carbocycles. The Kier molecular flexibility index (Phi) is 7.78. The number of amides is 4. The Bertz CT molecular complexity index is 1040. The smallest absolute Gasteiger partial charge is 0.293 e. The minimum atomic E-state index is -0.457. The molecule has 3 rings (SSSR count). The fraction of sp³-hybridized carbons (Fsp3) is 0.200. The van der Waals surface area contributed by atoms with Gasteiger partial charge in [-0.3, -0.25) is 24.1 Å². The van der Waals surface area contributed by atoms with Gasteiger partial charge in [-0.05, 0) is 47.7 Å². The molecular formula is C20H17Cl2N3O5S. The van der Waals surface area contributed by atoms with E-state index >= 15 is 0 Å². The monoisotopic (exact) mass is 481 g/mol. The average molecular weight is 482 g/mol. The van der Waals surface area contributed by atoms with E-state index in [0.717, 1.165) is 16.7 Å². The van der Waals surface area contributed by atoms with E-state index in [9.17, 15) is 19.2 Å². The highest BCUT2D eigenvalue weighted by atomic mass is 35.5. The lowest BCUT2D eigenvalue weighted by Gasteiger charge is -2.13. The van der Waals surface area contributed by atoms with Gasteiger partial charge in [-0.15, -0.1) is 0 Å². The third-order valence-electron chi connectivity index (χ3n) is 4.16. The maximum atomic E-state index is 12.5. The molecule has 31 heavy (non-hydrogen) atoms. The van der Waals surface area contributed by atoms with Gasteiger partial charge < -0.3 is 15.1 Å². The standard InChI is InChI=1S/C20H17Cl2N3O5S/c21-13-4-3-12(14(22)11-13)10-16-19(28)25(20(29)31-16)8-7-23-17(26)5-6-24-18(27)15-2-1-9-30-15/h1-4,9-11H,5-8H2,(H,23,26)(H,24,27). The van der Waals surface area contributed by atoms with Crippen LogP contribution >= 0.6 is 35.0 Å². The quantitative estimate of drug-likeness (QED) is 0.557. The first-order valence-corrected chi connectivity index (χ1v) is 10.7. The molecular weight excluding hydrogens is 465 g/mol. The number of carbonyl (C=O) groups excluding carboxylic acids is 4. The average Bonchev–Trinajstić information content (AvgIpc) is 3.34. The van der Waals surface area contributed by atoms with Crippen LogP contribution in [0.4, 0.5) is 4.79 Å².